The summed E-state index contributed by atoms with van der Waals surface area (Å²) in [6, 6.07) is 5.93. The van der Waals surface area contributed by atoms with E-state index in [0.29, 0.717) is 15.8 Å². The number of ether oxygens (including phenoxy) is 1. The normalized spacial score (nSPS) is 14.7. The summed E-state index contributed by atoms with van der Waals surface area (Å²) in [5.74, 6) is 1.32. The van der Waals surface area contributed by atoms with E-state index in [4.69, 9.17) is 16.3 Å². The average molecular weight is 292 g/mol. The summed E-state index contributed by atoms with van der Waals surface area (Å²) >= 11 is 9.77. The highest BCUT2D eigenvalue weighted by atomic mass is 79.9. The van der Waals surface area contributed by atoms with Gasteiger partial charge in [0.2, 0.25) is 0 Å². The largest absolute Gasteiger partial charge is 0.495 e. The second-order valence-electron chi connectivity index (χ2n) is 3.68. The summed E-state index contributed by atoms with van der Waals surface area (Å²) in [7, 11) is 1.63. The Morgan fingerprint density at radius 2 is 2.13 bits per heavy atom. The number of methoxy groups -OCH3 is 1. The predicted octanol–water partition coefficient (Wildman–Crippen LogP) is 4.83. The minimum absolute atomic E-state index is 0.353. The third kappa shape index (κ3) is 3.12. The minimum Gasteiger partial charge on any atom is -0.495 e. The molecule has 0 heterocycles. The van der Waals surface area contributed by atoms with Gasteiger partial charge in [-0.05, 0) is 23.6 Å². The monoisotopic (exact) mass is 290 g/mol. The molecule has 0 aromatic heterocycles. The van der Waals surface area contributed by atoms with Gasteiger partial charge in [0.15, 0.2) is 0 Å². The molecule has 15 heavy (non-hydrogen) atoms. The first-order chi connectivity index (χ1) is 7.10. The summed E-state index contributed by atoms with van der Waals surface area (Å²) in [6.07, 6.45) is 1.14. The van der Waals surface area contributed by atoms with E-state index in [-0.39, 0.29) is 0 Å². The smallest absolute Gasteiger partial charge is 0.137 e. The summed E-state index contributed by atoms with van der Waals surface area (Å²) < 4.78 is 5.12. The van der Waals surface area contributed by atoms with E-state index in [1.165, 1.54) is 5.56 Å². The molecule has 3 heteroatoms. The van der Waals surface area contributed by atoms with Gasteiger partial charge in [0, 0.05) is 4.83 Å². The van der Waals surface area contributed by atoms with E-state index >= 15 is 0 Å². The highest BCUT2D eigenvalue weighted by Crippen LogP contribution is 2.36. The average Bonchev–Trinajstić information content (AvgIpc) is 2.26. The van der Waals surface area contributed by atoms with Gasteiger partial charge in [-0.25, -0.2) is 0 Å². The van der Waals surface area contributed by atoms with Crippen molar-refractivity contribution < 1.29 is 4.74 Å². The van der Waals surface area contributed by atoms with Crippen molar-refractivity contribution in [1.82, 2.24) is 0 Å². The lowest BCUT2D eigenvalue weighted by Gasteiger charge is -2.17. The molecule has 2 unspecified atom stereocenters. The first-order valence-electron chi connectivity index (χ1n) is 5.07. The zero-order valence-electron chi connectivity index (χ0n) is 9.26. The lowest BCUT2D eigenvalue weighted by atomic mass is 9.99. The minimum atomic E-state index is 0.353. The number of alkyl halides is 1. The van der Waals surface area contributed by atoms with Crippen molar-refractivity contribution in [3.63, 3.8) is 0 Å². The van der Waals surface area contributed by atoms with Gasteiger partial charge in [0.1, 0.15) is 5.75 Å². The van der Waals surface area contributed by atoms with Crippen LogP contribution in [0.5, 0.6) is 5.75 Å². The van der Waals surface area contributed by atoms with E-state index in [9.17, 15) is 0 Å². The molecule has 1 nitrogen and oxygen atoms in total. The molecule has 0 spiro atoms. The van der Waals surface area contributed by atoms with Gasteiger partial charge in [-0.15, -0.1) is 0 Å². The van der Waals surface area contributed by atoms with E-state index < -0.39 is 0 Å². The van der Waals surface area contributed by atoms with Gasteiger partial charge < -0.3 is 4.74 Å². The Morgan fingerprint density at radius 1 is 1.47 bits per heavy atom. The first-order valence-corrected chi connectivity index (χ1v) is 6.37. The molecule has 0 aliphatic heterocycles. The Morgan fingerprint density at radius 3 is 2.60 bits per heavy atom. The molecule has 0 amide bonds. The van der Waals surface area contributed by atoms with Crippen LogP contribution in [0, 0.1) is 5.92 Å². The zero-order valence-corrected chi connectivity index (χ0v) is 11.6. The van der Waals surface area contributed by atoms with E-state index in [2.05, 4.69) is 35.8 Å². The van der Waals surface area contributed by atoms with E-state index in [1.807, 2.05) is 12.1 Å². The van der Waals surface area contributed by atoms with Crippen LogP contribution in [0.2, 0.25) is 5.02 Å². The Bertz CT molecular complexity index is 327. The Kier molecular flexibility index (Phi) is 4.94. The third-order valence-electron chi connectivity index (χ3n) is 2.64. The second kappa shape index (κ2) is 5.76. The molecule has 0 bridgehead atoms. The molecule has 2 atom stereocenters. The second-order valence-corrected chi connectivity index (χ2v) is 5.07. The molecular formula is C12H16BrClO. The maximum atomic E-state index is 6.08. The quantitative estimate of drug-likeness (QED) is 0.722. The molecule has 84 valence electrons. The number of halogens is 2. The van der Waals surface area contributed by atoms with Crippen LogP contribution < -0.4 is 4.74 Å². The number of hydrogen-bond donors (Lipinski definition) is 0. The van der Waals surface area contributed by atoms with Crippen LogP contribution in [0.15, 0.2) is 18.2 Å². The van der Waals surface area contributed by atoms with Crippen LogP contribution in [0.3, 0.4) is 0 Å². The Labute approximate surface area is 105 Å². The van der Waals surface area contributed by atoms with Crippen molar-refractivity contribution in [2.45, 2.75) is 25.1 Å². The SMILES string of the molecule is CCC(C)C(Br)c1ccc(OC)c(Cl)c1. The Hall–Kier alpha value is -0.210. The van der Waals surface area contributed by atoms with Gasteiger partial charge in [-0.2, -0.15) is 0 Å². The van der Waals surface area contributed by atoms with E-state index in [1.54, 1.807) is 7.11 Å². The molecule has 0 N–H and O–H groups in total. The number of benzene rings is 1. The molecule has 1 aromatic rings. The molecule has 1 aromatic carbocycles. The van der Waals surface area contributed by atoms with Crippen LogP contribution >= 0.6 is 27.5 Å². The van der Waals surface area contributed by atoms with Gasteiger partial charge in [-0.1, -0.05) is 53.9 Å². The van der Waals surface area contributed by atoms with Crippen LogP contribution in [0.4, 0.5) is 0 Å². The summed E-state index contributed by atoms with van der Waals surface area (Å²) in [5, 5.41) is 0.669. The number of hydrogen-bond acceptors (Lipinski definition) is 1. The fourth-order valence-corrected chi connectivity index (χ4v) is 2.31. The topological polar surface area (TPSA) is 9.23 Å². The molecule has 0 saturated heterocycles. The fraction of sp³-hybridized carbons (Fsp3) is 0.500. The van der Waals surface area contributed by atoms with Crippen molar-refractivity contribution in [3.05, 3.63) is 28.8 Å². The molecule has 0 radical (unpaired) electrons. The lowest BCUT2D eigenvalue weighted by molar-refractivity contribution is 0.414. The summed E-state index contributed by atoms with van der Waals surface area (Å²) in [4.78, 5) is 0.353. The molecule has 0 fully saturated rings. The van der Waals surface area contributed by atoms with Gasteiger partial charge in [0.05, 0.1) is 12.1 Å². The van der Waals surface area contributed by atoms with Crippen molar-refractivity contribution in [1.29, 1.82) is 0 Å². The first kappa shape index (κ1) is 12.9. The fourth-order valence-electron chi connectivity index (χ4n) is 1.39. The molecule has 0 aliphatic carbocycles. The van der Waals surface area contributed by atoms with Crippen molar-refractivity contribution >= 4 is 27.5 Å². The number of rotatable bonds is 4. The van der Waals surface area contributed by atoms with Crippen molar-refractivity contribution in [2.75, 3.05) is 7.11 Å². The van der Waals surface area contributed by atoms with Crippen molar-refractivity contribution in [2.24, 2.45) is 5.92 Å². The molecule has 0 saturated carbocycles. The maximum absolute atomic E-state index is 6.08. The molecule has 1 rings (SSSR count). The standard InChI is InChI=1S/C12H16BrClO/c1-4-8(2)12(13)9-5-6-11(15-3)10(14)7-9/h5-8,12H,4H2,1-3H3. The predicted molar refractivity (Wildman–Crippen MR) is 69.1 cm³/mol. The maximum Gasteiger partial charge on any atom is 0.137 e. The third-order valence-corrected chi connectivity index (χ3v) is 4.36. The van der Waals surface area contributed by atoms with Gasteiger partial charge >= 0.3 is 0 Å². The van der Waals surface area contributed by atoms with Crippen LogP contribution in [-0.2, 0) is 0 Å². The van der Waals surface area contributed by atoms with Crippen LogP contribution in [-0.4, -0.2) is 7.11 Å². The van der Waals surface area contributed by atoms with Gasteiger partial charge in [0.25, 0.3) is 0 Å². The summed E-state index contributed by atoms with van der Waals surface area (Å²) in [5.41, 5.74) is 1.20. The zero-order chi connectivity index (χ0) is 11.4. The van der Waals surface area contributed by atoms with Crippen molar-refractivity contribution in [3.8, 4) is 5.75 Å². The van der Waals surface area contributed by atoms with Crippen LogP contribution in [0.1, 0.15) is 30.7 Å². The Balaban J connectivity index is 2.92. The van der Waals surface area contributed by atoms with Crippen LogP contribution in [0.25, 0.3) is 0 Å². The molecular weight excluding hydrogens is 275 g/mol. The lowest BCUT2D eigenvalue weighted by Crippen LogP contribution is -2.02. The summed E-state index contributed by atoms with van der Waals surface area (Å²) in [6.45, 7) is 4.40. The van der Waals surface area contributed by atoms with E-state index in [0.717, 1.165) is 12.2 Å². The van der Waals surface area contributed by atoms with Gasteiger partial charge in [-0.3, -0.25) is 0 Å². The molecule has 0 aliphatic rings. The highest BCUT2D eigenvalue weighted by molar-refractivity contribution is 9.09. The highest BCUT2D eigenvalue weighted by Gasteiger charge is 2.15.